The van der Waals surface area contributed by atoms with E-state index in [0.717, 1.165) is 16.8 Å². The van der Waals surface area contributed by atoms with Crippen LogP contribution >= 0.6 is 0 Å². The van der Waals surface area contributed by atoms with Gasteiger partial charge >= 0.3 is 0 Å². The zero-order valence-electron chi connectivity index (χ0n) is 10.9. The van der Waals surface area contributed by atoms with E-state index in [1.165, 1.54) is 0 Å². The highest BCUT2D eigenvalue weighted by atomic mass is 16.1. The second kappa shape index (κ2) is 6.15. The molecule has 100 valence electrons. The minimum absolute atomic E-state index is 0.0790. The molecule has 0 aliphatic carbocycles. The van der Waals surface area contributed by atoms with Crippen LogP contribution in [0.3, 0.4) is 0 Å². The lowest BCUT2D eigenvalue weighted by molar-refractivity contribution is 0.0950. The van der Waals surface area contributed by atoms with Crippen molar-refractivity contribution in [1.29, 1.82) is 0 Å². The number of nitrogens with zero attached hydrogens (tertiary/aromatic N) is 1. The maximum atomic E-state index is 12.2. The predicted molar refractivity (Wildman–Crippen MR) is 73.7 cm³/mol. The van der Waals surface area contributed by atoms with Gasteiger partial charge in [-0.2, -0.15) is 5.10 Å². The number of nitrogens with two attached hydrogens (primary N) is 1. The Morgan fingerprint density at radius 1 is 1.37 bits per heavy atom. The third-order valence-electron chi connectivity index (χ3n) is 3.05. The second-order valence-electron chi connectivity index (χ2n) is 4.40. The normalized spacial score (nSPS) is 10.4. The third-order valence-corrected chi connectivity index (χ3v) is 3.05. The summed E-state index contributed by atoms with van der Waals surface area (Å²) >= 11 is 0. The van der Waals surface area contributed by atoms with Gasteiger partial charge in [0, 0.05) is 23.4 Å². The van der Waals surface area contributed by atoms with Crippen molar-refractivity contribution in [2.45, 2.75) is 19.9 Å². The first-order chi connectivity index (χ1) is 9.22. The molecular formula is C14H18N4O. The third kappa shape index (κ3) is 3.20. The fourth-order valence-corrected chi connectivity index (χ4v) is 1.94. The molecule has 0 unspecified atom stereocenters. The summed E-state index contributed by atoms with van der Waals surface area (Å²) in [5, 5.41) is 9.67. The smallest absolute Gasteiger partial charge is 0.251 e. The number of amides is 1. The number of H-pyrrole nitrogens is 1. The highest BCUT2D eigenvalue weighted by Crippen LogP contribution is 2.10. The number of aryl methyl sites for hydroxylation is 1. The first-order valence-corrected chi connectivity index (χ1v) is 6.27. The Morgan fingerprint density at radius 2 is 2.16 bits per heavy atom. The van der Waals surface area contributed by atoms with E-state index in [-0.39, 0.29) is 5.91 Å². The van der Waals surface area contributed by atoms with E-state index in [1.54, 1.807) is 6.20 Å². The molecule has 2 aromatic rings. The lowest BCUT2D eigenvalue weighted by Gasteiger charge is -2.09. The SMILES string of the molecule is Cc1[nH]ncc1CNC(=O)c1ccccc1CCN. The number of rotatable bonds is 5. The van der Waals surface area contributed by atoms with Gasteiger partial charge in [-0.25, -0.2) is 0 Å². The van der Waals surface area contributed by atoms with Gasteiger partial charge in [-0.15, -0.1) is 0 Å². The van der Waals surface area contributed by atoms with Crippen LogP contribution in [0.25, 0.3) is 0 Å². The van der Waals surface area contributed by atoms with E-state index in [0.29, 0.717) is 25.1 Å². The number of aromatic nitrogens is 2. The van der Waals surface area contributed by atoms with Crippen molar-refractivity contribution in [3.63, 3.8) is 0 Å². The van der Waals surface area contributed by atoms with Crippen LogP contribution in [0.4, 0.5) is 0 Å². The maximum absolute atomic E-state index is 12.2. The van der Waals surface area contributed by atoms with Gasteiger partial charge in [0.1, 0.15) is 0 Å². The van der Waals surface area contributed by atoms with E-state index in [2.05, 4.69) is 15.5 Å². The minimum atomic E-state index is -0.0790. The van der Waals surface area contributed by atoms with Crippen molar-refractivity contribution < 1.29 is 4.79 Å². The zero-order valence-corrected chi connectivity index (χ0v) is 10.9. The molecule has 2 rings (SSSR count). The lowest BCUT2D eigenvalue weighted by Crippen LogP contribution is -2.24. The van der Waals surface area contributed by atoms with Crippen LogP contribution in [0.2, 0.25) is 0 Å². The van der Waals surface area contributed by atoms with Crippen LogP contribution < -0.4 is 11.1 Å². The molecule has 1 aromatic heterocycles. The van der Waals surface area contributed by atoms with Gasteiger partial charge in [0.25, 0.3) is 5.91 Å². The largest absolute Gasteiger partial charge is 0.348 e. The van der Waals surface area contributed by atoms with Gasteiger partial charge in [-0.05, 0) is 31.5 Å². The topological polar surface area (TPSA) is 83.8 Å². The molecule has 0 saturated heterocycles. The summed E-state index contributed by atoms with van der Waals surface area (Å²) in [6, 6.07) is 7.54. The molecule has 0 saturated carbocycles. The van der Waals surface area contributed by atoms with Crippen LogP contribution in [-0.4, -0.2) is 22.6 Å². The van der Waals surface area contributed by atoms with Gasteiger partial charge in [-0.3, -0.25) is 9.89 Å². The molecule has 0 atom stereocenters. The Kier molecular flexibility index (Phi) is 4.30. The molecule has 5 heteroatoms. The summed E-state index contributed by atoms with van der Waals surface area (Å²) in [6.45, 7) is 2.93. The summed E-state index contributed by atoms with van der Waals surface area (Å²) in [5.74, 6) is -0.0790. The molecule has 0 bridgehead atoms. The van der Waals surface area contributed by atoms with Crippen molar-refractivity contribution in [3.05, 3.63) is 52.8 Å². The molecule has 1 aromatic carbocycles. The van der Waals surface area contributed by atoms with Crippen LogP contribution in [-0.2, 0) is 13.0 Å². The summed E-state index contributed by atoms with van der Waals surface area (Å²) in [4.78, 5) is 12.2. The monoisotopic (exact) mass is 258 g/mol. The number of nitrogens with one attached hydrogen (secondary N) is 2. The standard InChI is InChI=1S/C14H18N4O/c1-10-12(9-17-18-10)8-16-14(19)13-5-3-2-4-11(13)6-7-15/h2-5,9H,6-8,15H2,1H3,(H,16,19)(H,17,18). The molecule has 1 heterocycles. The number of benzene rings is 1. The molecular weight excluding hydrogens is 240 g/mol. The molecule has 0 fully saturated rings. The molecule has 1 amide bonds. The molecule has 5 nitrogen and oxygen atoms in total. The Balaban J connectivity index is 2.06. The van der Waals surface area contributed by atoms with Crippen LogP contribution in [0.15, 0.2) is 30.5 Å². The first kappa shape index (κ1) is 13.3. The average Bonchev–Trinajstić information content (AvgIpc) is 2.82. The summed E-state index contributed by atoms with van der Waals surface area (Å²) in [7, 11) is 0. The molecule has 4 N–H and O–H groups in total. The van der Waals surface area contributed by atoms with E-state index in [9.17, 15) is 4.79 Å². The first-order valence-electron chi connectivity index (χ1n) is 6.27. The Labute approximate surface area is 112 Å². The van der Waals surface area contributed by atoms with E-state index < -0.39 is 0 Å². The number of aromatic amines is 1. The molecule has 0 aliphatic heterocycles. The van der Waals surface area contributed by atoms with Crippen LogP contribution in [0.5, 0.6) is 0 Å². The van der Waals surface area contributed by atoms with E-state index in [1.807, 2.05) is 31.2 Å². The van der Waals surface area contributed by atoms with Gasteiger partial charge in [-0.1, -0.05) is 18.2 Å². The van der Waals surface area contributed by atoms with E-state index >= 15 is 0 Å². The maximum Gasteiger partial charge on any atom is 0.251 e. The predicted octanol–water partition coefficient (Wildman–Crippen LogP) is 1.15. The van der Waals surface area contributed by atoms with Gasteiger partial charge < -0.3 is 11.1 Å². The second-order valence-corrected chi connectivity index (χ2v) is 4.40. The average molecular weight is 258 g/mol. The van der Waals surface area contributed by atoms with Crippen molar-refractivity contribution in [2.75, 3.05) is 6.54 Å². The summed E-state index contributed by atoms with van der Waals surface area (Å²) in [6.07, 6.45) is 2.43. The summed E-state index contributed by atoms with van der Waals surface area (Å²) < 4.78 is 0. The minimum Gasteiger partial charge on any atom is -0.348 e. The van der Waals surface area contributed by atoms with E-state index in [4.69, 9.17) is 5.73 Å². The molecule has 0 aliphatic rings. The number of hydrogen-bond acceptors (Lipinski definition) is 3. The van der Waals surface area contributed by atoms with Crippen LogP contribution in [0, 0.1) is 6.92 Å². The van der Waals surface area contributed by atoms with Crippen molar-refractivity contribution >= 4 is 5.91 Å². The number of carbonyl (C=O) groups is 1. The van der Waals surface area contributed by atoms with Crippen molar-refractivity contribution in [3.8, 4) is 0 Å². The Hall–Kier alpha value is -2.14. The van der Waals surface area contributed by atoms with Crippen LogP contribution in [0.1, 0.15) is 27.2 Å². The number of hydrogen-bond donors (Lipinski definition) is 3. The molecule has 0 spiro atoms. The number of carbonyl (C=O) groups excluding carboxylic acids is 1. The lowest BCUT2D eigenvalue weighted by atomic mass is 10.0. The van der Waals surface area contributed by atoms with Gasteiger partial charge in [0.2, 0.25) is 0 Å². The van der Waals surface area contributed by atoms with Crippen molar-refractivity contribution in [1.82, 2.24) is 15.5 Å². The molecule has 19 heavy (non-hydrogen) atoms. The molecule has 0 radical (unpaired) electrons. The highest BCUT2D eigenvalue weighted by Gasteiger charge is 2.10. The Bertz CT molecular complexity index is 562. The van der Waals surface area contributed by atoms with Gasteiger partial charge in [0.05, 0.1) is 6.20 Å². The quantitative estimate of drug-likeness (QED) is 0.752. The highest BCUT2D eigenvalue weighted by molar-refractivity contribution is 5.95. The van der Waals surface area contributed by atoms with Gasteiger partial charge in [0.15, 0.2) is 0 Å². The zero-order chi connectivity index (χ0) is 13.7. The Morgan fingerprint density at radius 3 is 2.84 bits per heavy atom. The summed E-state index contributed by atoms with van der Waals surface area (Å²) in [5.41, 5.74) is 9.18. The fraction of sp³-hybridized carbons (Fsp3) is 0.286. The fourth-order valence-electron chi connectivity index (χ4n) is 1.94. The van der Waals surface area contributed by atoms with Crippen molar-refractivity contribution in [2.24, 2.45) is 5.73 Å².